The van der Waals surface area contributed by atoms with E-state index in [1.807, 2.05) is 19.1 Å². The third-order valence-electron chi connectivity index (χ3n) is 14.8. The predicted molar refractivity (Wildman–Crippen MR) is 192 cm³/mol. The van der Waals surface area contributed by atoms with Crippen molar-refractivity contribution in [2.75, 3.05) is 0 Å². The molecule has 49 heavy (non-hydrogen) atoms. The third-order valence-corrected chi connectivity index (χ3v) is 14.8. The van der Waals surface area contributed by atoms with Gasteiger partial charge in [-0.3, -0.25) is 42.5 Å². The van der Waals surface area contributed by atoms with Crippen molar-refractivity contribution in [3.63, 3.8) is 0 Å². The van der Waals surface area contributed by atoms with Gasteiger partial charge in [-0.25, -0.2) is 0 Å². The molecule has 8 unspecified atom stereocenters. The van der Waals surface area contributed by atoms with Crippen LogP contribution in [-0.4, -0.2) is 49.3 Å². The molecular weight excluding hydrogens is 658 g/mol. The minimum atomic E-state index is 0. The maximum absolute atomic E-state index is 7.09. The first-order valence-electron chi connectivity index (χ1n) is 20.5. The molecule has 9 fully saturated rings. The van der Waals surface area contributed by atoms with E-state index in [1.165, 1.54) is 108 Å². The zero-order chi connectivity index (χ0) is 32.2. The second-order valence-electron chi connectivity index (χ2n) is 17.5. The van der Waals surface area contributed by atoms with Gasteiger partial charge in [-0.15, -0.1) is 5.69 Å². The molecule has 0 radical (unpaired) electrons. The average Bonchev–Trinajstić information content (AvgIpc) is 3.86. The van der Waals surface area contributed by atoms with Crippen molar-refractivity contribution in [1.29, 1.82) is 0 Å². The summed E-state index contributed by atoms with van der Waals surface area (Å²) in [5.41, 5.74) is 8.88. The molecular formula is C39H64CuN9. The second-order valence-corrected chi connectivity index (χ2v) is 17.5. The Morgan fingerprint density at radius 1 is 0.367 bits per heavy atom. The molecule has 9 nitrogen and oxygen atoms in total. The van der Waals surface area contributed by atoms with Crippen LogP contribution in [-0.2, 0) is 17.1 Å². The van der Waals surface area contributed by atoms with Crippen molar-refractivity contribution < 1.29 is 17.1 Å². The molecule has 10 heteroatoms. The Labute approximate surface area is 306 Å². The topological polar surface area (TPSA) is 120 Å². The summed E-state index contributed by atoms with van der Waals surface area (Å²) in [4.78, 5) is 0. The van der Waals surface area contributed by atoms with Gasteiger partial charge in [-0.2, -0.15) is 0 Å². The summed E-state index contributed by atoms with van der Waals surface area (Å²) in [5.74, 6) is 5.97. The van der Waals surface area contributed by atoms with Gasteiger partial charge in [0.15, 0.2) is 0 Å². The molecule has 5 saturated heterocycles. The van der Waals surface area contributed by atoms with Gasteiger partial charge in [-0.1, -0.05) is 81.2 Å². The molecule has 5 heterocycles. The maximum atomic E-state index is 7.09. The van der Waals surface area contributed by atoms with Gasteiger partial charge < -0.3 is 5.73 Å². The summed E-state index contributed by atoms with van der Waals surface area (Å²) < 4.78 is 0. The van der Waals surface area contributed by atoms with E-state index in [-0.39, 0.29) is 17.1 Å². The largest absolute Gasteiger partial charge is 1.00 e. The fourth-order valence-electron chi connectivity index (χ4n) is 12.5. The Morgan fingerprint density at radius 2 is 0.551 bits per heavy atom. The molecule has 9 aliphatic rings. The van der Waals surface area contributed by atoms with Gasteiger partial charge in [0.25, 0.3) is 0 Å². The number of aryl methyl sites for hydroxylation is 1. The van der Waals surface area contributed by atoms with Crippen molar-refractivity contribution in [3.05, 3.63) is 35.6 Å². The number of fused-ring (bicyclic) bond motifs is 20. The first-order valence-corrected chi connectivity index (χ1v) is 20.5. The summed E-state index contributed by atoms with van der Waals surface area (Å²) in [6.07, 6.45) is 25.6. The fraction of sp³-hybridized carbons (Fsp3) is 0.846. The van der Waals surface area contributed by atoms with Gasteiger partial charge in [0.2, 0.25) is 0 Å². The van der Waals surface area contributed by atoms with E-state index in [4.69, 9.17) is 5.73 Å². The molecule has 1 aromatic carbocycles. The van der Waals surface area contributed by atoms with E-state index in [9.17, 15) is 0 Å². The summed E-state index contributed by atoms with van der Waals surface area (Å²) >= 11 is 0. The average molecular weight is 723 g/mol. The third kappa shape index (κ3) is 7.03. The van der Waals surface area contributed by atoms with Crippen LogP contribution in [0.25, 0.3) is 5.73 Å². The monoisotopic (exact) mass is 721 g/mol. The van der Waals surface area contributed by atoms with Gasteiger partial charge >= 0.3 is 17.1 Å². The second kappa shape index (κ2) is 15.3. The molecule has 4 saturated carbocycles. The maximum Gasteiger partial charge on any atom is 1.00 e. The molecule has 4 aliphatic carbocycles. The zero-order valence-corrected chi connectivity index (χ0v) is 30.6. The van der Waals surface area contributed by atoms with Gasteiger partial charge in [0.1, 0.15) is 0 Å². The Morgan fingerprint density at radius 3 is 0.714 bits per heavy atom. The SMILES string of the molecule is C1CCC2C3NC(NC4NC(NC5NC(NC6NC(N3)C3CCCCC63)C3CCCCC53)C3CCCCC43)C2C1.Cc1ccc([NH-])cc1.[Cu+]. The van der Waals surface area contributed by atoms with E-state index in [1.54, 1.807) is 12.1 Å². The Hall–Kier alpha value is -0.781. The molecule has 0 amide bonds. The smallest absolute Gasteiger partial charge is 0.699 e. The number of hydrogen-bond acceptors (Lipinski definition) is 8. The molecule has 0 aromatic heterocycles. The zero-order valence-electron chi connectivity index (χ0n) is 29.7. The molecule has 5 aliphatic heterocycles. The standard InChI is InChI=1S/C32H56N8.C7H8N.Cu/c1-2-10-18-17(9-1)25-33-26(18)38-28-21-13-5-6-14-22(21)30(35-28)40-32-24-16-8-7-15-23(24)31(36-32)39-29-20-12-4-3-11-19(20)27(34-29)37-25;1-6-2-4-7(8)5-3-6;/h17-40H,1-16H2;2-5,8H,1H3;/q;-1;+1. The summed E-state index contributed by atoms with van der Waals surface area (Å²) in [5, 5.41) is 33.8. The van der Waals surface area contributed by atoms with Gasteiger partial charge in [-0.05, 0) is 106 Å². The fourth-order valence-corrected chi connectivity index (χ4v) is 12.5. The normalized spacial score (nSPS) is 48.5. The molecule has 276 valence electrons. The van der Waals surface area contributed by atoms with Crippen molar-refractivity contribution in [3.8, 4) is 0 Å². The minimum Gasteiger partial charge on any atom is -0.699 e. The number of hydrogen-bond donors (Lipinski definition) is 8. The molecule has 0 spiro atoms. The van der Waals surface area contributed by atoms with E-state index in [2.05, 4.69) is 42.5 Å². The van der Waals surface area contributed by atoms with Crippen LogP contribution in [0.3, 0.4) is 0 Å². The number of benzene rings is 1. The van der Waals surface area contributed by atoms with E-state index < -0.39 is 0 Å². The van der Waals surface area contributed by atoms with Crippen molar-refractivity contribution >= 4 is 5.69 Å². The molecule has 8 bridgehead atoms. The summed E-state index contributed by atoms with van der Waals surface area (Å²) in [6, 6.07) is 7.44. The van der Waals surface area contributed by atoms with Crippen LogP contribution in [0.1, 0.15) is 108 Å². The van der Waals surface area contributed by atoms with Crippen LogP contribution < -0.4 is 42.5 Å². The van der Waals surface area contributed by atoms with Gasteiger partial charge in [0.05, 0.1) is 49.3 Å². The predicted octanol–water partition coefficient (Wildman–Crippen LogP) is 5.28. The Kier molecular flexibility index (Phi) is 11.0. The number of rotatable bonds is 0. The summed E-state index contributed by atoms with van der Waals surface area (Å²) in [7, 11) is 0. The van der Waals surface area contributed by atoms with Crippen molar-refractivity contribution in [1.82, 2.24) is 42.5 Å². The van der Waals surface area contributed by atoms with Crippen molar-refractivity contribution in [2.24, 2.45) is 47.3 Å². The minimum absolute atomic E-state index is 0. The molecule has 1 aromatic rings. The van der Waals surface area contributed by atoms with Crippen LogP contribution in [0, 0.1) is 54.3 Å². The van der Waals surface area contributed by atoms with E-state index in [0.717, 1.165) is 47.3 Å². The molecule has 8 atom stereocenters. The van der Waals surface area contributed by atoms with Crippen LogP contribution in [0.15, 0.2) is 24.3 Å². The van der Waals surface area contributed by atoms with Crippen LogP contribution >= 0.6 is 0 Å². The van der Waals surface area contributed by atoms with Gasteiger partial charge in [0, 0.05) is 0 Å². The number of nitrogens with one attached hydrogen (secondary N) is 9. The Bertz CT molecular complexity index is 1010. The quantitative estimate of drug-likeness (QED) is 0.171. The van der Waals surface area contributed by atoms with E-state index >= 15 is 0 Å². The van der Waals surface area contributed by atoms with Crippen LogP contribution in [0.2, 0.25) is 0 Å². The van der Waals surface area contributed by atoms with Crippen molar-refractivity contribution in [2.45, 2.75) is 159 Å². The van der Waals surface area contributed by atoms with Crippen LogP contribution in [0.4, 0.5) is 5.69 Å². The molecule has 10 rings (SSSR count). The van der Waals surface area contributed by atoms with E-state index in [0.29, 0.717) is 55.0 Å². The molecule has 9 N–H and O–H groups in total. The summed E-state index contributed by atoms with van der Waals surface area (Å²) in [6.45, 7) is 2.01. The Balaban J connectivity index is 0.000000344. The first kappa shape index (κ1) is 35.3. The van der Waals surface area contributed by atoms with Crippen LogP contribution in [0.5, 0.6) is 0 Å². The first-order chi connectivity index (χ1) is 23.6.